The summed E-state index contributed by atoms with van der Waals surface area (Å²) in [5, 5.41) is 0. The van der Waals surface area contributed by atoms with E-state index in [9.17, 15) is 0 Å². The lowest BCUT2D eigenvalue weighted by atomic mass is 9.47. The van der Waals surface area contributed by atoms with Crippen molar-refractivity contribution in [1.29, 1.82) is 0 Å². The number of ether oxygens (including phenoxy) is 1. The second kappa shape index (κ2) is 19.0. The van der Waals surface area contributed by atoms with E-state index in [2.05, 4.69) is 54.2 Å². The highest BCUT2D eigenvalue weighted by Crippen LogP contribution is 2.67. The predicted molar refractivity (Wildman–Crippen MR) is 202 cm³/mol. The van der Waals surface area contributed by atoms with Gasteiger partial charge in [-0.15, -0.1) is 6.58 Å². The number of allylic oxidation sites excluding steroid dienone is 2. The van der Waals surface area contributed by atoms with Gasteiger partial charge >= 0.3 is 0 Å². The summed E-state index contributed by atoms with van der Waals surface area (Å²) < 4.78 is 6.56. The Hall–Kier alpha value is -0.560. The molecule has 4 aliphatic carbocycles. The maximum absolute atomic E-state index is 6.56. The largest absolute Gasteiger partial charge is 0.378 e. The summed E-state index contributed by atoms with van der Waals surface area (Å²) in [5.41, 5.74) is 4.20. The van der Waals surface area contributed by atoms with Gasteiger partial charge in [0.25, 0.3) is 0 Å². The SMILES string of the molecule is C=C(C)CCCCCCCCCCCCCCCO[C@H]1CCC2(C)C(=CCC3C2CCC2(C)C(C(C)CCCC(C)C)CCC32)C1. The quantitative estimate of drug-likeness (QED) is 0.0848. The van der Waals surface area contributed by atoms with Gasteiger partial charge in [-0.2, -0.15) is 0 Å². The molecule has 7 unspecified atom stereocenters. The molecule has 3 fully saturated rings. The van der Waals surface area contributed by atoms with Gasteiger partial charge in [-0.1, -0.05) is 142 Å². The monoisotopic (exact) mass is 637 g/mol. The minimum absolute atomic E-state index is 0.454. The molecule has 0 aliphatic heterocycles. The zero-order valence-electron chi connectivity index (χ0n) is 32.1. The molecular formula is C45H80O. The smallest absolute Gasteiger partial charge is 0.0612 e. The molecule has 266 valence electrons. The van der Waals surface area contributed by atoms with E-state index in [0.29, 0.717) is 16.9 Å². The second-order valence-corrected chi connectivity index (χ2v) is 18.3. The van der Waals surface area contributed by atoms with Crippen LogP contribution in [0.5, 0.6) is 0 Å². The van der Waals surface area contributed by atoms with Crippen molar-refractivity contribution in [2.24, 2.45) is 46.3 Å². The van der Waals surface area contributed by atoms with Crippen LogP contribution in [0, 0.1) is 46.3 Å². The molecule has 3 saturated carbocycles. The van der Waals surface area contributed by atoms with Gasteiger partial charge in [0, 0.05) is 6.61 Å². The first-order valence-electron chi connectivity index (χ1n) is 21.1. The van der Waals surface area contributed by atoms with Gasteiger partial charge in [0.1, 0.15) is 0 Å². The number of hydrogen-bond acceptors (Lipinski definition) is 1. The summed E-state index contributed by atoms with van der Waals surface area (Å²) >= 11 is 0. The molecule has 1 heteroatoms. The third-order valence-electron chi connectivity index (χ3n) is 14.4. The van der Waals surface area contributed by atoms with Crippen molar-refractivity contribution < 1.29 is 4.74 Å². The Morgan fingerprint density at radius 2 is 1.39 bits per heavy atom. The van der Waals surface area contributed by atoms with E-state index in [1.54, 1.807) is 5.57 Å². The number of fused-ring (bicyclic) bond motifs is 5. The third kappa shape index (κ3) is 10.5. The highest BCUT2D eigenvalue weighted by atomic mass is 16.5. The topological polar surface area (TPSA) is 9.23 Å². The van der Waals surface area contributed by atoms with Crippen LogP contribution in [0.25, 0.3) is 0 Å². The molecule has 46 heavy (non-hydrogen) atoms. The van der Waals surface area contributed by atoms with Crippen LogP contribution in [0.3, 0.4) is 0 Å². The molecule has 4 rings (SSSR count). The Morgan fingerprint density at radius 3 is 2.02 bits per heavy atom. The fourth-order valence-electron chi connectivity index (χ4n) is 11.5. The van der Waals surface area contributed by atoms with Crippen LogP contribution in [-0.4, -0.2) is 12.7 Å². The molecule has 0 aromatic rings. The molecule has 0 saturated heterocycles. The van der Waals surface area contributed by atoms with Crippen molar-refractivity contribution in [2.45, 2.75) is 208 Å². The number of hydrogen-bond donors (Lipinski definition) is 0. The normalized spacial score (nSPS) is 32.9. The predicted octanol–water partition coefficient (Wildman–Crippen LogP) is 14.5. The summed E-state index contributed by atoms with van der Waals surface area (Å²) in [5.74, 6) is 5.58. The first-order chi connectivity index (χ1) is 22.1. The minimum Gasteiger partial charge on any atom is -0.378 e. The van der Waals surface area contributed by atoms with E-state index in [1.807, 2.05) is 0 Å². The van der Waals surface area contributed by atoms with Gasteiger partial charge in [0.2, 0.25) is 0 Å². The second-order valence-electron chi connectivity index (χ2n) is 18.3. The van der Waals surface area contributed by atoms with Crippen LogP contribution < -0.4 is 0 Å². The minimum atomic E-state index is 0.454. The van der Waals surface area contributed by atoms with E-state index in [0.717, 1.165) is 42.1 Å². The zero-order valence-corrected chi connectivity index (χ0v) is 32.1. The Labute approximate surface area is 289 Å². The fourth-order valence-corrected chi connectivity index (χ4v) is 11.5. The summed E-state index contributed by atoms with van der Waals surface area (Å²) in [6.45, 7) is 20.0. The van der Waals surface area contributed by atoms with E-state index >= 15 is 0 Å². The van der Waals surface area contributed by atoms with Crippen LogP contribution in [0.2, 0.25) is 0 Å². The van der Waals surface area contributed by atoms with Crippen molar-refractivity contribution in [3.8, 4) is 0 Å². The highest BCUT2D eigenvalue weighted by Gasteiger charge is 2.59. The van der Waals surface area contributed by atoms with Crippen LogP contribution in [0.15, 0.2) is 23.8 Å². The summed E-state index contributed by atoms with van der Waals surface area (Å²) in [6, 6.07) is 0. The number of unbranched alkanes of at least 4 members (excludes halogenated alkanes) is 12. The van der Waals surface area contributed by atoms with Crippen molar-refractivity contribution in [3.05, 3.63) is 23.8 Å². The maximum atomic E-state index is 6.56. The first kappa shape index (κ1) is 38.2. The maximum Gasteiger partial charge on any atom is 0.0612 e. The average Bonchev–Trinajstić information content (AvgIpc) is 3.38. The van der Waals surface area contributed by atoms with Gasteiger partial charge in [0.05, 0.1) is 6.10 Å². The third-order valence-corrected chi connectivity index (χ3v) is 14.4. The Balaban J connectivity index is 1.08. The van der Waals surface area contributed by atoms with Gasteiger partial charge in [-0.3, -0.25) is 0 Å². The molecular weight excluding hydrogens is 556 g/mol. The molecule has 0 aromatic heterocycles. The summed E-state index contributed by atoms with van der Waals surface area (Å²) in [7, 11) is 0. The average molecular weight is 637 g/mol. The Kier molecular flexibility index (Phi) is 15.8. The van der Waals surface area contributed by atoms with E-state index in [-0.39, 0.29) is 0 Å². The Bertz CT molecular complexity index is 914. The van der Waals surface area contributed by atoms with E-state index in [1.165, 1.54) is 166 Å². The molecule has 0 radical (unpaired) electrons. The fraction of sp³-hybridized carbons (Fsp3) is 0.911. The number of rotatable bonds is 22. The van der Waals surface area contributed by atoms with Gasteiger partial charge in [-0.25, -0.2) is 0 Å². The molecule has 0 aromatic carbocycles. The zero-order chi connectivity index (χ0) is 33.0. The van der Waals surface area contributed by atoms with Crippen LogP contribution in [0.4, 0.5) is 0 Å². The summed E-state index contributed by atoms with van der Waals surface area (Å²) in [4.78, 5) is 0. The molecule has 0 heterocycles. The molecule has 0 N–H and O–H groups in total. The van der Waals surface area contributed by atoms with Crippen molar-refractivity contribution in [1.82, 2.24) is 0 Å². The van der Waals surface area contributed by atoms with Crippen molar-refractivity contribution in [2.75, 3.05) is 6.61 Å². The Morgan fingerprint density at radius 1 is 0.761 bits per heavy atom. The molecule has 8 atom stereocenters. The van der Waals surface area contributed by atoms with Crippen LogP contribution in [-0.2, 0) is 4.74 Å². The molecule has 1 nitrogen and oxygen atoms in total. The van der Waals surface area contributed by atoms with Crippen molar-refractivity contribution >= 4 is 0 Å². The molecule has 0 spiro atoms. The van der Waals surface area contributed by atoms with E-state index in [4.69, 9.17) is 4.74 Å². The lowest BCUT2D eigenvalue weighted by Gasteiger charge is -2.58. The van der Waals surface area contributed by atoms with Gasteiger partial charge in [0.15, 0.2) is 0 Å². The van der Waals surface area contributed by atoms with Crippen molar-refractivity contribution in [3.63, 3.8) is 0 Å². The van der Waals surface area contributed by atoms with Crippen LogP contribution in [0.1, 0.15) is 202 Å². The lowest BCUT2D eigenvalue weighted by molar-refractivity contribution is -0.0641. The standard InChI is InChI=1S/C45H80O/c1-35(2)22-19-17-15-13-11-9-8-10-12-14-16-18-20-33-46-39-29-31-44(6)38(34-39)25-26-40-42-28-27-41(37(5)24-21-23-36(3)4)45(42,7)32-30-43(40)44/h25,36-37,39-43H,1,8-24,26-34H2,2-7H3/t37?,39-,40?,41?,42?,43?,44?,45?/m0/s1. The molecule has 4 aliphatic rings. The molecule has 0 bridgehead atoms. The first-order valence-corrected chi connectivity index (χ1v) is 21.1. The molecule has 0 amide bonds. The highest BCUT2D eigenvalue weighted by molar-refractivity contribution is 5.25. The van der Waals surface area contributed by atoms with Gasteiger partial charge in [-0.05, 0) is 124 Å². The lowest BCUT2D eigenvalue weighted by Crippen LogP contribution is -2.51. The summed E-state index contributed by atoms with van der Waals surface area (Å²) in [6.07, 6.45) is 38.3. The van der Waals surface area contributed by atoms with Gasteiger partial charge < -0.3 is 4.74 Å². The van der Waals surface area contributed by atoms with E-state index < -0.39 is 0 Å². The van der Waals surface area contributed by atoms with Crippen LogP contribution >= 0.6 is 0 Å².